The summed E-state index contributed by atoms with van der Waals surface area (Å²) in [4.78, 5) is 12.6. The Hall–Kier alpha value is -3.00. The maximum Gasteiger partial charge on any atom is 0.407 e. The van der Waals surface area contributed by atoms with Gasteiger partial charge < -0.3 is 14.7 Å². The average molecular weight is 308 g/mol. The van der Waals surface area contributed by atoms with Gasteiger partial charge in [-0.2, -0.15) is 5.26 Å². The van der Waals surface area contributed by atoms with Crippen LogP contribution in [-0.2, 0) is 19.6 Å². The number of carbonyl (C=O) groups is 1. The molecule has 1 N–H and O–H groups in total. The average Bonchev–Trinajstić information content (AvgIpc) is 2.59. The number of benzene rings is 2. The number of hydrogen-bond acceptors (Lipinski definition) is 3. The second kappa shape index (κ2) is 6.41. The summed E-state index contributed by atoms with van der Waals surface area (Å²) in [5, 5.41) is 18.4. The summed E-state index contributed by atoms with van der Waals surface area (Å²) < 4.78 is 5.89. The molecule has 23 heavy (non-hydrogen) atoms. The molecule has 1 aliphatic heterocycles. The number of carboxylic acid groups (broad SMARTS) is 1. The predicted molar refractivity (Wildman–Crippen MR) is 84.1 cm³/mol. The van der Waals surface area contributed by atoms with Crippen molar-refractivity contribution in [2.75, 3.05) is 6.54 Å². The Kier molecular flexibility index (Phi) is 4.15. The minimum absolute atomic E-state index is 0.292. The topological polar surface area (TPSA) is 73.6 Å². The van der Waals surface area contributed by atoms with Gasteiger partial charge in [0.1, 0.15) is 12.4 Å². The molecule has 5 heteroatoms. The van der Waals surface area contributed by atoms with E-state index in [-0.39, 0.29) is 0 Å². The van der Waals surface area contributed by atoms with Gasteiger partial charge in [0, 0.05) is 12.1 Å². The van der Waals surface area contributed by atoms with Crippen molar-refractivity contribution in [2.24, 2.45) is 0 Å². The lowest BCUT2D eigenvalue weighted by atomic mass is 9.96. The van der Waals surface area contributed by atoms with Crippen molar-refractivity contribution in [2.45, 2.75) is 19.6 Å². The van der Waals surface area contributed by atoms with Gasteiger partial charge in [0.25, 0.3) is 0 Å². The number of fused-ring (bicyclic) bond motifs is 1. The highest BCUT2D eigenvalue weighted by Gasteiger charge is 2.23. The van der Waals surface area contributed by atoms with Crippen LogP contribution in [0.5, 0.6) is 5.75 Å². The minimum atomic E-state index is -0.936. The van der Waals surface area contributed by atoms with Crippen molar-refractivity contribution in [1.82, 2.24) is 4.90 Å². The van der Waals surface area contributed by atoms with E-state index in [0.717, 1.165) is 16.7 Å². The van der Waals surface area contributed by atoms with Crippen molar-refractivity contribution in [3.8, 4) is 11.8 Å². The Labute approximate surface area is 134 Å². The third kappa shape index (κ3) is 3.27. The number of nitriles is 1. The predicted octanol–water partition coefficient (Wildman–Crippen LogP) is 3.17. The molecule has 2 aromatic carbocycles. The summed E-state index contributed by atoms with van der Waals surface area (Å²) in [6.45, 7) is 1.12. The van der Waals surface area contributed by atoms with E-state index >= 15 is 0 Å². The van der Waals surface area contributed by atoms with Gasteiger partial charge in [-0.3, -0.25) is 0 Å². The molecule has 3 rings (SSSR count). The van der Waals surface area contributed by atoms with Crippen LogP contribution in [0, 0.1) is 11.3 Å². The van der Waals surface area contributed by atoms with Crippen LogP contribution in [0.25, 0.3) is 0 Å². The maximum atomic E-state index is 11.2. The van der Waals surface area contributed by atoms with Crippen LogP contribution in [0.3, 0.4) is 0 Å². The highest BCUT2D eigenvalue weighted by atomic mass is 16.5. The van der Waals surface area contributed by atoms with Crippen LogP contribution in [0.4, 0.5) is 4.79 Å². The molecular weight excluding hydrogens is 292 g/mol. The third-order valence-corrected chi connectivity index (χ3v) is 3.94. The first-order chi connectivity index (χ1) is 11.2. The molecule has 0 fully saturated rings. The van der Waals surface area contributed by atoms with Gasteiger partial charge in [0.15, 0.2) is 0 Å². The molecule has 0 atom stereocenters. The normalized spacial score (nSPS) is 13.1. The fourth-order valence-corrected chi connectivity index (χ4v) is 2.72. The Balaban J connectivity index is 1.89. The summed E-state index contributed by atoms with van der Waals surface area (Å²) in [6, 6.07) is 15.4. The van der Waals surface area contributed by atoms with Gasteiger partial charge >= 0.3 is 6.09 Å². The van der Waals surface area contributed by atoms with Crippen LogP contribution in [0.1, 0.15) is 22.3 Å². The summed E-state index contributed by atoms with van der Waals surface area (Å²) in [7, 11) is 0. The number of hydrogen-bond donors (Lipinski definition) is 1. The maximum absolute atomic E-state index is 11.2. The van der Waals surface area contributed by atoms with Gasteiger partial charge in [0.2, 0.25) is 0 Å². The number of rotatable bonds is 3. The van der Waals surface area contributed by atoms with Gasteiger partial charge in [-0.05, 0) is 29.7 Å². The minimum Gasteiger partial charge on any atom is -0.488 e. The Bertz CT molecular complexity index is 766. The first-order valence-electron chi connectivity index (χ1n) is 7.38. The molecule has 5 nitrogen and oxygen atoms in total. The van der Waals surface area contributed by atoms with Gasteiger partial charge in [-0.1, -0.05) is 30.3 Å². The standard InChI is InChI=1S/C18H16N2O3/c19-10-14-8-15-6-7-20(18(21)22)11-16(15)17(9-14)23-12-13-4-2-1-3-5-13/h1-5,8-9H,6-7,11-12H2,(H,21,22). The van der Waals surface area contributed by atoms with Crippen LogP contribution in [0.15, 0.2) is 42.5 Å². The van der Waals surface area contributed by atoms with E-state index in [2.05, 4.69) is 6.07 Å². The van der Waals surface area contributed by atoms with E-state index in [0.29, 0.717) is 37.4 Å². The number of amides is 1. The largest absolute Gasteiger partial charge is 0.488 e. The number of nitrogens with zero attached hydrogens (tertiary/aromatic N) is 2. The molecule has 0 aliphatic carbocycles. The zero-order chi connectivity index (χ0) is 16.2. The second-order valence-electron chi connectivity index (χ2n) is 5.45. The van der Waals surface area contributed by atoms with Crippen LogP contribution in [-0.4, -0.2) is 22.6 Å². The Morgan fingerprint density at radius 2 is 2.09 bits per heavy atom. The van der Waals surface area contributed by atoms with E-state index in [4.69, 9.17) is 4.74 Å². The van der Waals surface area contributed by atoms with E-state index < -0.39 is 6.09 Å². The van der Waals surface area contributed by atoms with Crippen LogP contribution < -0.4 is 4.74 Å². The zero-order valence-corrected chi connectivity index (χ0v) is 12.5. The van der Waals surface area contributed by atoms with Crippen LogP contribution in [0.2, 0.25) is 0 Å². The summed E-state index contributed by atoms with van der Waals surface area (Å²) in [5.41, 5.74) is 3.41. The molecule has 116 valence electrons. The third-order valence-electron chi connectivity index (χ3n) is 3.94. The zero-order valence-electron chi connectivity index (χ0n) is 12.5. The smallest absolute Gasteiger partial charge is 0.407 e. The molecule has 1 heterocycles. The highest BCUT2D eigenvalue weighted by Crippen LogP contribution is 2.30. The number of ether oxygens (including phenoxy) is 1. The van der Waals surface area contributed by atoms with Gasteiger partial charge in [0.05, 0.1) is 18.2 Å². The van der Waals surface area contributed by atoms with E-state index in [9.17, 15) is 15.2 Å². The molecule has 0 saturated carbocycles. The fourth-order valence-electron chi connectivity index (χ4n) is 2.72. The molecule has 0 saturated heterocycles. The SMILES string of the molecule is N#Cc1cc2c(c(OCc3ccccc3)c1)CN(C(=O)O)CC2. The van der Waals surface area contributed by atoms with E-state index in [1.807, 2.05) is 36.4 Å². The van der Waals surface area contributed by atoms with E-state index in [1.165, 1.54) is 4.90 Å². The lowest BCUT2D eigenvalue weighted by molar-refractivity contribution is 0.139. The van der Waals surface area contributed by atoms with Gasteiger partial charge in [-0.15, -0.1) is 0 Å². The van der Waals surface area contributed by atoms with Crippen LogP contribution >= 0.6 is 0 Å². The molecule has 1 aliphatic rings. The molecule has 0 radical (unpaired) electrons. The lowest BCUT2D eigenvalue weighted by Gasteiger charge is -2.28. The Morgan fingerprint density at radius 1 is 1.30 bits per heavy atom. The highest BCUT2D eigenvalue weighted by molar-refractivity contribution is 5.66. The molecule has 0 unspecified atom stereocenters. The summed E-state index contributed by atoms with van der Waals surface area (Å²) in [6.07, 6.45) is -0.340. The summed E-state index contributed by atoms with van der Waals surface area (Å²) >= 11 is 0. The molecular formula is C18H16N2O3. The van der Waals surface area contributed by atoms with Crippen molar-refractivity contribution >= 4 is 6.09 Å². The molecule has 0 spiro atoms. The van der Waals surface area contributed by atoms with E-state index in [1.54, 1.807) is 6.07 Å². The lowest BCUT2D eigenvalue weighted by Crippen LogP contribution is -2.35. The summed E-state index contributed by atoms with van der Waals surface area (Å²) in [5.74, 6) is 0.592. The van der Waals surface area contributed by atoms with Crippen molar-refractivity contribution < 1.29 is 14.6 Å². The Morgan fingerprint density at radius 3 is 2.78 bits per heavy atom. The van der Waals surface area contributed by atoms with Crippen molar-refractivity contribution in [3.05, 3.63) is 64.7 Å². The quantitative estimate of drug-likeness (QED) is 0.945. The second-order valence-corrected chi connectivity index (χ2v) is 5.45. The first kappa shape index (κ1) is 14.9. The monoisotopic (exact) mass is 308 g/mol. The van der Waals surface area contributed by atoms with Crippen molar-refractivity contribution in [1.29, 1.82) is 5.26 Å². The molecule has 0 bridgehead atoms. The van der Waals surface area contributed by atoms with Gasteiger partial charge in [-0.25, -0.2) is 4.79 Å². The fraction of sp³-hybridized carbons (Fsp3) is 0.222. The molecule has 1 amide bonds. The first-order valence-corrected chi connectivity index (χ1v) is 7.38. The van der Waals surface area contributed by atoms with Crippen molar-refractivity contribution in [3.63, 3.8) is 0 Å². The molecule has 2 aromatic rings. The molecule has 0 aromatic heterocycles.